The molecule has 1 nitrogen and oxygen atoms in total. The first kappa shape index (κ1) is 12.7. The molecule has 2 aliphatic carbocycles. The fraction of sp³-hybridized carbons (Fsp3) is 0.533. The van der Waals surface area contributed by atoms with Crippen LogP contribution in [0.1, 0.15) is 43.4 Å². The number of rotatable bonds is 2. The van der Waals surface area contributed by atoms with E-state index < -0.39 is 11.7 Å². The summed E-state index contributed by atoms with van der Waals surface area (Å²) in [7, 11) is 0. The number of halogens is 3. The minimum atomic E-state index is -4.29. The van der Waals surface area contributed by atoms with Crippen molar-refractivity contribution < 1.29 is 13.2 Å². The standard InChI is InChI=1S/C15H16F3N/c1-2-13-4-6-14(10-13,7-5-13)12-9-11(3-8-19-12)15(16,17)18/h2-3,8-9H,1,4-7,10H2. The smallest absolute Gasteiger partial charge is 0.261 e. The summed E-state index contributed by atoms with van der Waals surface area (Å²) in [4.78, 5) is 4.24. The lowest BCUT2D eigenvalue weighted by Gasteiger charge is -2.26. The molecule has 1 aromatic rings. The van der Waals surface area contributed by atoms with E-state index in [1.165, 1.54) is 12.3 Å². The van der Waals surface area contributed by atoms with E-state index in [0.29, 0.717) is 5.69 Å². The number of allylic oxidation sites excluding steroid dienone is 1. The van der Waals surface area contributed by atoms with Crippen molar-refractivity contribution in [2.75, 3.05) is 0 Å². The minimum absolute atomic E-state index is 0.135. The van der Waals surface area contributed by atoms with E-state index in [4.69, 9.17) is 0 Å². The fourth-order valence-corrected chi connectivity index (χ4v) is 3.77. The van der Waals surface area contributed by atoms with Gasteiger partial charge in [-0.15, -0.1) is 6.58 Å². The molecule has 2 aliphatic rings. The summed E-state index contributed by atoms with van der Waals surface area (Å²) in [5, 5.41) is 0. The van der Waals surface area contributed by atoms with Crippen LogP contribution >= 0.6 is 0 Å². The Morgan fingerprint density at radius 3 is 2.42 bits per heavy atom. The third-order valence-electron chi connectivity index (χ3n) is 4.96. The van der Waals surface area contributed by atoms with Crippen LogP contribution in [0.2, 0.25) is 0 Å². The van der Waals surface area contributed by atoms with Gasteiger partial charge in [0.1, 0.15) is 0 Å². The maximum atomic E-state index is 12.8. The first-order valence-corrected chi connectivity index (χ1v) is 6.57. The molecule has 0 atom stereocenters. The number of hydrogen-bond donors (Lipinski definition) is 0. The number of nitrogens with zero attached hydrogens (tertiary/aromatic N) is 1. The Bertz CT molecular complexity index is 510. The monoisotopic (exact) mass is 267 g/mol. The Labute approximate surface area is 110 Å². The highest BCUT2D eigenvalue weighted by atomic mass is 19.4. The zero-order valence-electron chi connectivity index (χ0n) is 10.6. The van der Waals surface area contributed by atoms with Gasteiger partial charge >= 0.3 is 6.18 Å². The fourth-order valence-electron chi connectivity index (χ4n) is 3.77. The van der Waals surface area contributed by atoms with Crippen molar-refractivity contribution in [2.24, 2.45) is 5.41 Å². The second-order valence-corrected chi connectivity index (χ2v) is 5.95. The molecule has 102 valence electrons. The average molecular weight is 267 g/mol. The lowest BCUT2D eigenvalue weighted by molar-refractivity contribution is -0.137. The van der Waals surface area contributed by atoms with Gasteiger partial charge in [0.25, 0.3) is 0 Å². The summed E-state index contributed by atoms with van der Waals surface area (Å²) in [6.45, 7) is 3.89. The second-order valence-electron chi connectivity index (χ2n) is 5.95. The maximum absolute atomic E-state index is 12.8. The molecule has 0 aromatic carbocycles. The van der Waals surface area contributed by atoms with Crippen LogP contribution in [0.25, 0.3) is 0 Å². The van der Waals surface area contributed by atoms with Crippen LogP contribution in [0.15, 0.2) is 31.0 Å². The van der Waals surface area contributed by atoms with E-state index in [0.717, 1.165) is 38.2 Å². The molecule has 2 bridgehead atoms. The van der Waals surface area contributed by atoms with Crippen molar-refractivity contribution in [3.63, 3.8) is 0 Å². The predicted octanol–water partition coefficient (Wildman–Crippen LogP) is 4.49. The van der Waals surface area contributed by atoms with Gasteiger partial charge in [-0.2, -0.15) is 13.2 Å². The van der Waals surface area contributed by atoms with Gasteiger partial charge < -0.3 is 0 Å². The van der Waals surface area contributed by atoms with Crippen LogP contribution in [0.3, 0.4) is 0 Å². The molecule has 1 aromatic heterocycles. The Morgan fingerprint density at radius 1 is 1.21 bits per heavy atom. The van der Waals surface area contributed by atoms with Crippen molar-refractivity contribution in [1.29, 1.82) is 0 Å². The maximum Gasteiger partial charge on any atom is 0.416 e. The number of hydrogen-bond acceptors (Lipinski definition) is 1. The van der Waals surface area contributed by atoms with Crippen molar-refractivity contribution in [1.82, 2.24) is 4.98 Å². The summed E-state index contributed by atoms with van der Waals surface area (Å²) in [5.74, 6) is 0. The van der Waals surface area contributed by atoms with Crippen molar-refractivity contribution in [2.45, 2.75) is 43.7 Å². The number of fused-ring (bicyclic) bond motifs is 2. The molecule has 3 rings (SSSR count). The SMILES string of the molecule is C=CC12CCC(c3cc(C(F)(F)F)ccn3)(CC1)C2. The van der Waals surface area contributed by atoms with Crippen LogP contribution in [0.4, 0.5) is 13.2 Å². The van der Waals surface area contributed by atoms with Gasteiger partial charge in [0, 0.05) is 17.3 Å². The van der Waals surface area contributed by atoms with Gasteiger partial charge in [0.15, 0.2) is 0 Å². The number of aromatic nitrogens is 1. The van der Waals surface area contributed by atoms with Crippen LogP contribution in [-0.2, 0) is 11.6 Å². The van der Waals surface area contributed by atoms with Crippen molar-refractivity contribution in [3.05, 3.63) is 42.2 Å². The molecule has 0 unspecified atom stereocenters. The highest BCUT2D eigenvalue weighted by Crippen LogP contribution is 2.62. The Hall–Kier alpha value is -1.32. The first-order valence-electron chi connectivity index (χ1n) is 6.57. The van der Waals surface area contributed by atoms with Gasteiger partial charge in [-0.1, -0.05) is 6.08 Å². The van der Waals surface area contributed by atoms with Gasteiger partial charge in [0.2, 0.25) is 0 Å². The summed E-state index contributed by atoms with van der Waals surface area (Å²) < 4.78 is 38.4. The van der Waals surface area contributed by atoms with Crippen LogP contribution < -0.4 is 0 Å². The molecule has 0 spiro atoms. The van der Waals surface area contributed by atoms with Crippen LogP contribution in [0.5, 0.6) is 0 Å². The third-order valence-corrected chi connectivity index (χ3v) is 4.96. The molecule has 19 heavy (non-hydrogen) atoms. The van der Waals surface area contributed by atoms with Crippen molar-refractivity contribution >= 4 is 0 Å². The summed E-state index contributed by atoms with van der Waals surface area (Å²) in [5.41, 5.74) is 0.00387. The van der Waals surface area contributed by atoms with Gasteiger partial charge in [-0.3, -0.25) is 4.98 Å². The zero-order chi connectivity index (χ0) is 13.7. The second kappa shape index (κ2) is 3.84. The molecule has 2 fully saturated rings. The third kappa shape index (κ3) is 1.88. The largest absolute Gasteiger partial charge is 0.416 e. The molecular formula is C15H16F3N. The summed E-state index contributed by atoms with van der Waals surface area (Å²) in [6.07, 6.45) is 3.79. The number of pyridine rings is 1. The van der Waals surface area contributed by atoms with E-state index >= 15 is 0 Å². The zero-order valence-corrected chi connectivity index (χ0v) is 10.6. The lowest BCUT2D eigenvalue weighted by atomic mass is 9.79. The lowest BCUT2D eigenvalue weighted by Crippen LogP contribution is -2.22. The molecule has 0 radical (unpaired) electrons. The Morgan fingerprint density at radius 2 is 1.89 bits per heavy atom. The van der Waals surface area contributed by atoms with Crippen LogP contribution in [0, 0.1) is 5.41 Å². The van der Waals surface area contributed by atoms with E-state index in [9.17, 15) is 13.2 Å². The van der Waals surface area contributed by atoms with Crippen LogP contribution in [-0.4, -0.2) is 4.98 Å². The Balaban J connectivity index is 1.98. The molecular weight excluding hydrogens is 251 g/mol. The summed E-state index contributed by atoms with van der Waals surface area (Å²) >= 11 is 0. The quantitative estimate of drug-likeness (QED) is 0.719. The molecule has 1 heterocycles. The highest BCUT2D eigenvalue weighted by molar-refractivity contribution is 5.31. The normalized spacial score (nSPS) is 33.6. The van der Waals surface area contributed by atoms with Gasteiger partial charge in [-0.25, -0.2) is 0 Å². The molecule has 4 heteroatoms. The van der Waals surface area contributed by atoms with Crippen molar-refractivity contribution in [3.8, 4) is 0 Å². The van der Waals surface area contributed by atoms with E-state index in [-0.39, 0.29) is 10.8 Å². The molecule has 2 saturated carbocycles. The molecule has 0 saturated heterocycles. The molecule has 0 aliphatic heterocycles. The highest BCUT2D eigenvalue weighted by Gasteiger charge is 2.54. The van der Waals surface area contributed by atoms with Gasteiger partial charge in [-0.05, 0) is 49.7 Å². The number of alkyl halides is 3. The summed E-state index contributed by atoms with van der Waals surface area (Å²) in [6, 6.07) is 2.29. The minimum Gasteiger partial charge on any atom is -0.261 e. The van der Waals surface area contributed by atoms with E-state index in [1.54, 1.807) is 0 Å². The van der Waals surface area contributed by atoms with Gasteiger partial charge in [0.05, 0.1) is 5.56 Å². The topological polar surface area (TPSA) is 12.9 Å². The average Bonchev–Trinajstić information content (AvgIpc) is 2.96. The van der Waals surface area contributed by atoms with E-state index in [1.807, 2.05) is 6.08 Å². The van der Waals surface area contributed by atoms with E-state index in [2.05, 4.69) is 11.6 Å². The Kier molecular flexibility index (Phi) is 2.57. The molecule has 0 amide bonds. The molecule has 0 N–H and O–H groups in total. The predicted molar refractivity (Wildman–Crippen MR) is 66.6 cm³/mol. The first-order chi connectivity index (χ1) is 8.89.